The summed E-state index contributed by atoms with van der Waals surface area (Å²) in [6, 6.07) is 0. The summed E-state index contributed by atoms with van der Waals surface area (Å²) in [5.74, 6) is 0. The number of hydrogen-bond acceptors (Lipinski definition) is 3. The molecule has 0 bridgehead atoms. The highest BCUT2D eigenvalue weighted by atomic mass is 127. The highest BCUT2D eigenvalue weighted by Gasteiger charge is 2.22. The molecule has 0 aliphatic rings. The Balaban J connectivity index is 3.78. The van der Waals surface area contributed by atoms with Crippen LogP contribution in [0.2, 0.25) is 0 Å². The number of unbranched alkanes of at least 4 members (excludes halogenated alkanes) is 2. The van der Waals surface area contributed by atoms with Crippen molar-refractivity contribution in [2.24, 2.45) is 0 Å². The average molecular weight is 334 g/mol. The maximum Gasteiger partial charge on any atom is 0.330 e. The largest absolute Gasteiger partial charge is 0.330 e. The predicted molar refractivity (Wildman–Crippen MR) is 68.5 cm³/mol. The van der Waals surface area contributed by atoms with Crippen LogP contribution in [0, 0.1) is 0 Å². The quantitative estimate of drug-likeness (QED) is 0.278. The first-order valence-electron chi connectivity index (χ1n) is 5.12. The first-order chi connectivity index (χ1) is 6.68. The van der Waals surface area contributed by atoms with Crippen LogP contribution in [-0.2, 0) is 13.6 Å². The van der Waals surface area contributed by atoms with E-state index < -0.39 is 7.60 Å². The minimum atomic E-state index is -2.76. The summed E-state index contributed by atoms with van der Waals surface area (Å²) in [6.07, 6.45) is 3.78. The molecule has 0 aliphatic carbocycles. The molecule has 0 saturated carbocycles. The Labute approximate surface area is 101 Å². The van der Waals surface area contributed by atoms with E-state index in [4.69, 9.17) is 9.05 Å². The molecule has 86 valence electrons. The SMILES string of the molecule is CCOP(=O)(CCCCCI)OCC. The molecule has 3 nitrogen and oxygen atoms in total. The van der Waals surface area contributed by atoms with Crippen LogP contribution in [0.3, 0.4) is 0 Å². The van der Waals surface area contributed by atoms with Gasteiger partial charge in [0.25, 0.3) is 0 Å². The van der Waals surface area contributed by atoms with E-state index >= 15 is 0 Å². The van der Waals surface area contributed by atoms with Crippen LogP contribution in [-0.4, -0.2) is 23.8 Å². The van der Waals surface area contributed by atoms with Gasteiger partial charge < -0.3 is 9.05 Å². The van der Waals surface area contributed by atoms with Crippen molar-refractivity contribution in [3.63, 3.8) is 0 Å². The van der Waals surface area contributed by atoms with Gasteiger partial charge in [0.1, 0.15) is 0 Å². The van der Waals surface area contributed by atoms with E-state index in [1.807, 2.05) is 13.8 Å². The molecule has 0 aromatic carbocycles. The monoisotopic (exact) mass is 334 g/mol. The number of hydrogen-bond donors (Lipinski definition) is 0. The fourth-order valence-electron chi connectivity index (χ4n) is 1.14. The lowest BCUT2D eigenvalue weighted by Gasteiger charge is -2.16. The van der Waals surface area contributed by atoms with Crippen molar-refractivity contribution >= 4 is 30.2 Å². The van der Waals surface area contributed by atoms with Crippen LogP contribution in [0.4, 0.5) is 0 Å². The summed E-state index contributed by atoms with van der Waals surface area (Å²) in [5.41, 5.74) is 0. The highest BCUT2D eigenvalue weighted by Crippen LogP contribution is 2.48. The molecule has 0 amide bonds. The fraction of sp³-hybridized carbons (Fsp3) is 1.00. The number of rotatable bonds is 9. The molecule has 0 aromatic heterocycles. The second-order valence-electron chi connectivity index (χ2n) is 2.92. The standard InChI is InChI=1S/C9H20IO3P/c1-3-12-14(11,13-4-2)9-7-5-6-8-10/h3-9H2,1-2H3. The van der Waals surface area contributed by atoms with Gasteiger partial charge in [-0.05, 0) is 31.1 Å². The van der Waals surface area contributed by atoms with E-state index in [0.29, 0.717) is 19.4 Å². The molecule has 0 saturated heterocycles. The molecule has 0 N–H and O–H groups in total. The molecule has 0 radical (unpaired) electrons. The minimum absolute atomic E-state index is 0.462. The maximum absolute atomic E-state index is 11.9. The zero-order valence-corrected chi connectivity index (χ0v) is 12.1. The second-order valence-corrected chi connectivity index (χ2v) is 6.18. The summed E-state index contributed by atoms with van der Waals surface area (Å²) in [5, 5.41) is 0. The molecule has 0 spiro atoms. The van der Waals surface area contributed by atoms with Gasteiger partial charge in [-0.25, -0.2) is 0 Å². The molecule has 0 unspecified atom stereocenters. The summed E-state index contributed by atoms with van der Waals surface area (Å²) < 4.78 is 23.5. The molecule has 0 heterocycles. The lowest BCUT2D eigenvalue weighted by atomic mass is 10.3. The Kier molecular flexibility index (Phi) is 9.70. The summed E-state index contributed by atoms with van der Waals surface area (Å²) in [7, 11) is -2.76. The molecule has 0 fully saturated rings. The van der Waals surface area contributed by atoms with Crippen molar-refractivity contribution in [3.8, 4) is 0 Å². The van der Waals surface area contributed by atoms with Gasteiger partial charge in [-0.3, -0.25) is 4.57 Å². The average Bonchev–Trinajstić information content (AvgIpc) is 2.13. The Morgan fingerprint density at radius 2 is 1.64 bits per heavy atom. The summed E-state index contributed by atoms with van der Waals surface area (Å²) in [4.78, 5) is 0. The zero-order valence-electron chi connectivity index (χ0n) is 9.00. The van der Waals surface area contributed by atoms with E-state index in [1.165, 1.54) is 6.42 Å². The third kappa shape index (κ3) is 7.21. The normalized spacial score (nSPS) is 11.9. The van der Waals surface area contributed by atoms with Crippen molar-refractivity contribution in [1.29, 1.82) is 0 Å². The first kappa shape index (κ1) is 14.9. The first-order valence-corrected chi connectivity index (χ1v) is 8.38. The Morgan fingerprint density at radius 1 is 1.07 bits per heavy atom. The molecular formula is C9H20IO3P. The molecule has 0 rings (SSSR count). The van der Waals surface area contributed by atoms with Crippen LogP contribution < -0.4 is 0 Å². The maximum atomic E-state index is 11.9. The fourth-order valence-corrected chi connectivity index (χ4v) is 3.41. The van der Waals surface area contributed by atoms with Crippen molar-refractivity contribution in [1.82, 2.24) is 0 Å². The molecule has 0 aromatic rings. The lowest BCUT2D eigenvalue weighted by Crippen LogP contribution is -2.00. The summed E-state index contributed by atoms with van der Waals surface area (Å²) >= 11 is 2.35. The Morgan fingerprint density at radius 3 is 2.07 bits per heavy atom. The highest BCUT2D eigenvalue weighted by molar-refractivity contribution is 14.1. The van der Waals surface area contributed by atoms with Gasteiger partial charge in [0.15, 0.2) is 0 Å². The molecule has 0 atom stereocenters. The third-order valence-corrected chi connectivity index (χ3v) is 4.65. The van der Waals surface area contributed by atoms with Crippen molar-refractivity contribution in [3.05, 3.63) is 0 Å². The van der Waals surface area contributed by atoms with Crippen molar-refractivity contribution in [2.75, 3.05) is 23.8 Å². The smallest absolute Gasteiger partial charge is 0.309 e. The van der Waals surface area contributed by atoms with Gasteiger partial charge in [0, 0.05) is 0 Å². The van der Waals surface area contributed by atoms with E-state index in [-0.39, 0.29) is 0 Å². The van der Waals surface area contributed by atoms with Gasteiger partial charge in [-0.15, -0.1) is 0 Å². The van der Waals surface area contributed by atoms with Gasteiger partial charge in [-0.2, -0.15) is 0 Å². The molecular weight excluding hydrogens is 314 g/mol. The van der Waals surface area contributed by atoms with Gasteiger partial charge in [0.2, 0.25) is 0 Å². The Bertz CT molecular complexity index is 165. The molecule has 14 heavy (non-hydrogen) atoms. The minimum Gasteiger partial charge on any atom is -0.309 e. The zero-order chi connectivity index (χ0) is 10.9. The topological polar surface area (TPSA) is 35.5 Å². The van der Waals surface area contributed by atoms with Gasteiger partial charge >= 0.3 is 7.60 Å². The molecule has 5 heteroatoms. The second kappa shape index (κ2) is 9.13. The van der Waals surface area contributed by atoms with Crippen molar-refractivity contribution < 1.29 is 13.6 Å². The Hall–Kier alpha value is 0.880. The van der Waals surface area contributed by atoms with E-state index in [2.05, 4.69) is 22.6 Å². The lowest BCUT2D eigenvalue weighted by molar-refractivity contribution is 0.219. The van der Waals surface area contributed by atoms with Crippen LogP contribution in [0.15, 0.2) is 0 Å². The number of halogens is 1. The van der Waals surface area contributed by atoms with Crippen LogP contribution in [0.1, 0.15) is 33.1 Å². The van der Waals surface area contributed by atoms with Crippen LogP contribution in [0.5, 0.6) is 0 Å². The van der Waals surface area contributed by atoms with Crippen LogP contribution >= 0.6 is 30.2 Å². The van der Waals surface area contributed by atoms with Crippen LogP contribution in [0.25, 0.3) is 0 Å². The van der Waals surface area contributed by atoms with Crippen molar-refractivity contribution in [2.45, 2.75) is 33.1 Å². The van der Waals surface area contributed by atoms with E-state index in [0.717, 1.165) is 17.3 Å². The summed E-state index contributed by atoms with van der Waals surface area (Å²) in [6.45, 7) is 4.61. The molecule has 0 aliphatic heterocycles. The number of alkyl halides is 1. The van der Waals surface area contributed by atoms with Gasteiger partial charge in [0.05, 0.1) is 19.4 Å². The van der Waals surface area contributed by atoms with E-state index in [9.17, 15) is 4.57 Å². The third-order valence-electron chi connectivity index (χ3n) is 1.72. The van der Waals surface area contributed by atoms with E-state index in [1.54, 1.807) is 0 Å². The predicted octanol–water partition coefficient (Wildman–Crippen LogP) is 3.86. The van der Waals surface area contributed by atoms with Gasteiger partial charge in [-0.1, -0.05) is 29.0 Å².